The van der Waals surface area contributed by atoms with Gasteiger partial charge in [-0.3, -0.25) is 0 Å². The molecule has 0 bridgehead atoms. The number of benzene rings is 1. The van der Waals surface area contributed by atoms with Gasteiger partial charge in [0.25, 0.3) is 0 Å². The molecule has 1 fully saturated rings. The van der Waals surface area contributed by atoms with Gasteiger partial charge < -0.3 is 14.8 Å². The Morgan fingerprint density at radius 2 is 2.10 bits per heavy atom. The Morgan fingerprint density at radius 1 is 1.33 bits per heavy atom. The Kier molecular flexibility index (Phi) is 5.47. The number of methoxy groups -OCH3 is 1. The van der Waals surface area contributed by atoms with Crippen molar-refractivity contribution < 1.29 is 17.9 Å². The zero-order valence-electron chi connectivity index (χ0n) is 12.6. The number of hydrogen-bond acceptors (Lipinski definition) is 5. The number of hydrogen-bond donors (Lipinski definition) is 1. The first kappa shape index (κ1) is 16.1. The van der Waals surface area contributed by atoms with Gasteiger partial charge in [0.05, 0.1) is 19.5 Å². The Balaban J connectivity index is 1.92. The molecular formula is C15H23NO4S. The third-order valence-electron chi connectivity index (χ3n) is 3.34. The lowest BCUT2D eigenvalue weighted by molar-refractivity contribution is 0.312. The summed E-state index contributed by atoms with van der Waals surface area (Å²) in [7, 11) is -1.29. The number of ether oxygens (including phenoxy) is 2. The first-order valence-electron chi connectivity index (χ1n) is 7.19. The average Bonchev–Trinajstić information content (AvgIpc) is 3.25. The minimum Gasteiger partial charge on any atom is -0.497 e. The summed E-state index contributed by atoms with van der Waals surface area (Å²) in [6.07, 6.45) is 4.20. The average molecular weight is 313 g/mol. The second kappa shape index (κ2) is 7.13. The lowest BCUT2D eigenvalue weighted by atomic mass is 10.2. The second-order valence-electron chi connectivity index (χ2n) is 5.46. The van der Waals surface area contributed by atoms with Crippen molar-refractivity contribution in [1.29, 1.82) is 0 Å². The van der Waals surface area contributed by atoms with Crippen LogP contribution in [0.15, 0.2) is 18.2 Å². The van der Waals surface area contributed by atoms with Crippen molar-refractivity contribution in [2.75, 3.05) is 25.7 Å². The van der Waals surface area contributed by atoms with E-state index in [4.69, 9.17) is 9.47 Å². The molecule has 1 saturated carbocycles. The first-order chi connectivity index (χ1) is 9.98. The Hall–Kier alpha value is -1.27. The highest BCUT2D eigenvalue weighted by atomic mass is 32.2. The van der Waals surface area contributed by atoms with Crippen molar-refractivity contribution in [1.82, 2.24) is 5.32 Å². The van der Waals surface area contributed by atoms with Gasteiger partial charge in [-0.05, 0) is 37.5 Å². The summed E-state index contributed by atoms with van der Waals surface area (Å²) in [5.74, 6) is 1.74. The van der Waals surface area contributed by atoms with Crippen LogP contribution in [0.3, 0.4) is 0 Å². The number of rotatable bonds is 9. The molecule has 1 aromatic carbocycles. The van der Waals surface area contributed by atoms with Crippen molar-refractivity contribution >= 4 is 9.84 Å². The molecule has 1 N–H and O–H groups in total. The summed E-state index contributed by atoms with van der Waals surface area (Å²) < 4.78 is 33.2. The molecule has 0 unspecified atom stereocenters. The van der Waals surface area contributed by atoms with Crippen molar-refractivity contribution in [2.24, 2.45) is 0 Å². The van der Waals surface area contributed by atoms with Crippen LogP contribution >= 0.6 is 0 Å². The quantitative estimate of drug-likeness (QED) is 0.704. The fraction of sp³-hybridized carbons (Fsp3) is 0.600. The van der Waals surface area contributed by atoms with Crippen molar-refractivity contribution in [2.45, 2.75) is 31.8 Å². The van der Waals surface area contributed by atoms with Crippen LogP contribution in [-0.2, 0) is 16.4 Å². The lowest BCUT2D eigenvalue weighted by Crippen LogP contribution is -2.16. The number of nitrogens with one attached hydrogen (secondary N) is 1. The topological polar surface area (TPSA) is 64.6 Å². The van der Waals surface area contributed by atoms with Crippen molar-refractivity contribution in [3.05, 3.63) is 23.8 Å². The highest BCUT2D eigenvalue weighted by Gasteiger charge is 2.20. The van der Waals surface area contributed by atoms with Gasteiger partial charge in [-0.1, -0.05) is 0 Å². The van der Waals surface area contributed by atoms with E-state index in [0.717, 1.165) is 23.6 Å². The molecule has 2 rings (SSSR count). The van der Waals surface area contributed by atoms with E-state index in [9.17, 15) is 8.42 Å². The summed E-state index contributed by atoms with van der Waals surface area (Å²) in [5.41, 5.74) is 1.04. The molecule has 0 amide bonds. The maximum atomic E-state index is 11.1. The van der Waals surface area contributed by atoms with E-state index in [1.54, 1.807) is 7.11 Å². The monoisotopic (exact) mass is 313 g/mol. The summed E-state index contributed by atoms with van der Waals surface area (Å²) in [5, 5.41) is 3.45. The second-order valence-corrected chi connectivity index (χ2v) is 7.72. The zero-order valence-corrected chi connectivity index (χ0v) is 13.4. The SMILES string of the molecule is COc1ccc(OCCCS(C)(=O)=O)c(CNC2CC2)c1. The first-order valence-corrected chi connectivity index (χ1v) is 9.25. The standard InChI is InChI=1S/C15H23NO4S/c1-19-14-6-7-15(20-8-3-9-21(2,17)18)12(10-14)11-16-13-4-5-13/h6-7,10,13,16H,3-5,8-9,11H2,1-2H3. The van der Waals surface area contributed by atoms with Crippen LogP contribution in [0.5, 0.6) is 11.5 Å². The summed E-state index contributed by atoms with van der Waals surface area (Å²) >= 11 is 0. The van der Waals surface area contributed by atoms with Crippen LogP contribution < -0.4 is 14.8 Å². The highest BCUT2D eigenvalue weighted by molar-refractivity contribution is 7.90. The van der Waals surface area contributed by atoms with Crippen molar-refractivity contribution in [3.63, 3.8) is 0 Å². The molecule has 1 aliphatic carbocycles. The molecule has 1 aromatic rings. The maximum Gasteiger partial charge on any atom is 0.147 e. The molecule has 0 saturated heterocycles. The lowest BCUT2D eigenvalue weighted by Gasteiger charge is -2.13. The molecule has 5 nitrogen and oxygen atoms in total. The van der Waals surface area contributed by atoms with Gasteiger partial charge in [0.2, 0.25) is 0 Å². The van der Waals surface area contributed by atoms with Crippen LogP contribution in [0.1, 0.15) is 24.8 Å². The van der Waals surface area contributed by atoms with Gasteiger partial charge in [-0.2, -0.15) is 0 Å². The van der Waals surface area contributed by atoms with E-state index < -0.39 is 9.84 Å². The van der Waals surface area contributed by atoms with E-state index in [1.165, 1.54) is 19.1 Å². The molecule has 0 aliphatic heterocycles. The van der Waals surface area contributed by atoms with Gasteiger partial charge >= 0.3 is 0 Å². The van der Waals surface area contributed by atoms with Gasteiger partial charge in [0.15, 0.2) is 0 Å². The van der Waals surface area contributed by atoms with Crippen LogP contribution in [0, 0.1) is 0 Å². The highest BCUT2D eigenvalue weighted by Crippen LogP contribution is 2.26. The number of sulfone groups is 1. The van der Waals surface area contributed by atoms with Crippen LogP contribution in [-0.4, -0.2) is 40.2 Å². The third-order valence-corrected chi connectivity index (χ3v) is 4.37. The zero-order chi connectivity index (χ0) is 15.3. The van der Waals surface area contributed by atoms with Crippen LogP contribution in [0.2, 0.25) is 0 Å². The molecule has 6 heteroatoms. The largest absolute Gasteiger partial charge is 0.497 e. The molecule has 0 atom stereocenters. The summed E-state index contributed by atoms with van der Waals surface area (Å²) in [4.78, 5) is 0. The van der Waals surface area contributed by atoms with E-state index >= 15 is 0 Å². The Labute approximate surface area is 126 Å². The van der Waals surface area contributed by atoms with Gasteiger partial charge in [-0.25, -0.2) is 8.42 Å². The van der Waals surface area contributed by atoms with E-state index in [2.05, 4.69) is 5.32 Å². The minimum atomic E-state index is -2.92. The van der Waals surface area contributed by atoms with Gasteiger partial charge in [0.1, 0.15) is 21.3 Å². The van der Waals surface area contributed by atoms with Gasteiger partial charge in [0, 0.05) is 24.4 Å². The molecule has 0 spiro atoms. The molecule has 0 aromatic heterocycles. The van der Waals surface area contributed by atoms with Gasteiger partial charge in [-0.15, -0.1) is 0 Å². The molecule has 0 radical (unpaired) electrons. The van der Waals surface area contributed by atoms with Crippen LogP contribution in [0.25, 0.3) is 0 Å². The van der Waals surface area contributed by atoms with E-state index in [0.29, 0.717) is 19.1 Å². The minimum absolute atomic E-state index is 0.152. The normalized spacial score (nSPS) is 15.0. The molecule has 118 valence electrons. The fourth-order valence-electron chi connectivity index (χ4n) is 2.01. The van der Waals surface area contributed by atoms with E-state index in [-0.39, 0.29) is 5.75 Å². The third kappa shape index (κ3) is 5.93. The van der Waals surface area contributed by atoms with E-state index in [1.807, 2.05) is 18.2 Å². The Morgan fingerprint density at radius 3 is 2.71 bits per heavy atom. The molecular weight excluding hydrogens is 290 g/mol. The smallest absolute Gasteiger partial charge is 0.147 e. The fourth-order valence-corrected chi connectivity index (χ4v) is 2.65. The Bertz CT molecular complexity index is 567. The van der Waals surface area contributed by atoms with Crippen LogP contribution in [0.4, 0.5) is 0 Å². The molecule has 1 aliphatic rings. The summed E-state index contributed by atoms with van der Waals surface area (Å²) in [6.45, 7) is 1.14. The maximum absolute atomic E-state index is 11.1. The van der Waals surface area contributed by atoms with Crippen molar-refractivity contribution in [3.8, 4) is 11.5 Å². The predicted octanol–water partition coefficient (Wildman–Crippen LogP) is 1.76. The summed E-state index contributed by atoms with van der Waals surface area (Å²) in [6, 6.07) is 6.31. The molecule has 21 heavy (non-hydrogen) atoms. The molecule has 0 heterocycles. The predicted molar refractivity (Wildman–Crippen MR) is 82.7 cm³/mol.